The van der Waals surface area contributed by atoms with Crippen molar-refractivity contribution in [1.82, 2.24) is 4.90 Å². The highest BCUT2D eigenvalue weighted by Gasteiger charge is 2.60. The fourth-order valence-corrected chi connectivity index (χ4v) is 3.25. The summed E-state index contributed by atoms with van der Waals surface area (Å²) in [6.45, 7) is 1.65. The van der Waals surface area contributed by atoms with Crippen LogP contribution in [-0.4, -0.2) is 34.7 Å². The number of rotatable bonds is 1. The third kappa shape index (κ3) is 0.651. The summed E-state index contributed by atoms with van der Waals surface area (Å²) >= 11 is 0. The first-order valence-electron chi connectivity index (χ1n) is 4.73. The van der Waals surface area contributed by atoms with Gasteiger partial charge in [0.2, 0.25) is 0 Å². The Morgan fingerprint density at radius 3 is 3.18 bits per heavy atom. The fourth-order valence-electron chi connectivity index (χ4n) is 3.25. The maximum atomic E-state index is 9.32. The molecule has 11 heavy (non-hydrogen) atoms. The Morgan fingerprint density at radius 1 is 1.55 bits per heavy atom. The Balaban J connectivity index is 1.91. The number of nitrogens with zero attached hydrogens (tertiary/aromatic N) is 1. The van der Waals surface area contributed by atoms with Crippen LogP contribution < -0.4 is 0 Å². The fraction of sp³-hybridized carbons (Fsp3) is 1.00. The standard InChI is InChI=1S/C9H15NO/c11-6-9-2-1-3-10(9)8-4-7(8)5-9/h7-8,11H,1-6H2. The van der Waals surface area contributed by atoms with E-state index in [1.54, 1.807) is 0 Å². The largest absolute Gasteiger partial charge is 0.394 e. The van der Waals surface area contributed by atoms with Crippen molar-refractivity contribution in [3.63, 3.8) is 0 Å². The predicted octanol–water partition coefficient (Wildman–Crippen LogP) is 0.605. The Hall–Kier alpha value is -0.0800. The molecule has 1 saturated carbocycles. The van der Waals surface area contributed by atoms with Crippen LogP contribution in [0.5, 0.6) is 0 Å². The van der Waals surface area contributed by atoms with Crippen LogP contribution in [0.15, 0.2) is 0 Å². The normalized spacial score (nSPS) is 54.3. The summed E-state index contributed by atoms with van der Waals surface area (Å²) in [5.41, 5.74) is 0.258. The van der Waals surface area contributed by atoms with E-state index >= 15 is 0 Å². The van der Waals surface area contributed by atoms with Gasteiger partial charge in [0.05, 0.1) is 6.61 Å². The Bertz CT molecular complexity index is 194. The van der Waals surface area contributed by atoms with E-state index in [0.29, 0.717) is 6.61 Å². The molecule has 0 aromatic heterocycles. The van der Waals surface area contributed by atoms with Crippen LogP contribution in [0.25, 0.3) is 0 Å². The van der Waals surface area contributed by atoms with Crippen molar-refractivity contribution in [2.45, 2.75) is 37.3 Å². The SMILES string of the molecule is OCC12CCCN1C1CC1C2. The lowest BCUT2D eigenvalue weighted by Gasteiger charge is -2.32. The van der Waals surface area contributed by atoms with E-state index in [1.165, 1.54) is 32.2 Å². The van der Waals surface area contributed by atoms with Gasteiger partial charge in [0.15, 0.2) is 0 Å². The zero-order chi connectivity index (χ0) is 7.47. The molecule has 3 aliphatic rings. The maximum Gasteiger partial charge on any atom is 0.0615 e. The van der Waals surface area contributed by atoms with Crippen molar-refractivity contribution in [3.05, 3.63) is 0 Å². The van der Waals surface area contributed by atoms with Gasteiger partial charge in [-0.15, -0.1) is 0 Å². The van der Waals surface area contributed by atoms with E-state index in [9.17, 15) is 5.11 Å². The molecule has 0 aromatic rings. The van der Waals surface area contributed by atoms with E-state index in [2.05, 4.69) is 4.90 Å². The molecule has 3 fully saturated rings. The van der Waals surface area contributed by atoms with Gasteiger partial charge in [-0.3, -0.25) is 4.90 Å². The molecule has 2 heteroatoms. The molecule has 0 radical (unpaired) electrons. The molecule has 2 saturated heterocycles. The van der Waals surface area contributed by atoms with Crippen LogP contribution in [0.3, 0.4) is 0 Å². The Labute approximate surface area is 67.2 Å². The molecule has 62 valence electrons. The van der Waals surface area contributed by atoms with Gasteiger partial charge in [-0.05, 0) is 38.1 Å². The van der Waals surface area contributed by atoms with E-state index < -0.39 is 0 Å². The zero-order valence-electron chi connectivity index (χ0n) is 6.79. The van der Waals surface area contributed by atoms with Crippen molar-refractivity contribution >= 4 is 0 Å². The van der Waals surface area contributed by atoms with Gasteiger partial charge in [0, 0.05) is 11.6 Å². The number of hydrogen-bond donors (Lipinski definition) is 1. The van der Waals surface area contributed by atoms with Crippen molar-refractivity contribution < 1.29 is 5.11 Å². The van der Waals surface area contributed by atoms with Gasteiger partial charge in [-0.25, -0.2) is 0 Å². The number of hydrogen-bond acceptors (Lipinski definition) is 2. The molecule has 0 aromatic carbocycles. The molecule has 3 unspecified atom stereocenters. The first-order valence-corrected chi connectivity index (χ1v) is 4.73. The first kappa shape index (κ1) is 6.44. The van der Waals surface area contributed by atoms with Crippen LogP contribution >= 0.6 is 0 Å². The summed E-state index contributed by atoms with van der Waals surface area (Å²) in [7, 11) is 0. The Morgan fingerprint density at radius 2 is 2.45 bits per heavy atom. The van der Waals surface area contributed by atoms with E-state index in [1.807, 2.05) is 0 Å². The summed E-state index contributed by atoms with van der Waals surface area (Å²) in [4.78, 5) is 2.58. The molecule has 3 rings (SSSR count). The van der Waals surface area contributed by atoms with Crippen LogP contribution in [0.1, 0.15) is 25.7 Å². The van der Waals surface area contributed by atoms with Gasteiger partial charge in [-0.1, -0.05) is 0 Å². The monoisotopic (exact) mass is 153 g/mol. The molecule has 0 spiro atoms. The highest BCUT2D eigenvalue weighted by atomic mass is 16.3. The van der Waals surface area contributed by atoms with Crippen LogP contribution in [0, 0.1) is 5.92 Å². The smallest absolute Gasteiger partial charge is 0.0615 e. The van der Waals surface area contributed by atoms with E-state index in [0.717, 1.165) is 12.0 Å². The van der Waals surface area contributed by atoms with Gasteiger partial charge >= 0.3 is 0 Å². The van der Waals surface area contributed by atoms with Crippen LogP contribution in [-0.2, 0) is 0 Å². The zero-order valence-corrected chi connectivity index (χ0v) is 6.79. The minimum absolute atomic E-state index is 0.258. The lowest BCUT2D eigenvalue weighted by molar-refractivity contribution is 0.0794. The summed E-state index contributed by atoms with van der Waals surface area (Å²) < 4.78 is 0. The molecule has 3 atom stereocenters. The molecule has 1 N–H and O–H groups in total. The van der Waals surface area contributed by atoms with Gasteiger partial charge in [0.25, 0.3) is 0 Å². The molecular formula is C9H15NO. The molecular weight excluding hydrogens is 138 g/mol. The topological polar surface area (TPSA) is 23.5 Å². The van der Waals surface area contributed by atoms with Crippen molar-refractivity contribution in [2.75, 3.05) is 13.2 Å². The molecule has 2 aliphatic heterocycles. The minimum atomic E-state index is 0.258. The number of fused-ring (bicyclic) bond motifs is 3. The average Bonchev–Trinajstić information content (AvgIpc) is 2.55. The third-order valence-electron chi connectivity index (χ3n) is 3.87. The highest BCUT2D eigenvalue weighted by Crippen LogP contribution is 2.56. The summed E-state index contributed by atoms with van der Waals surface area (Å²) in [6, 6.07) is 0.879. The molecule has 0 amide bonds. The van der Waals surface area contributed by atoms with Gasteiger partial charge < -0.3 is 5.11 Å². The second-order valence-corrected chi connectivity index (χ2v) is 4.45. The predicted molar refractivity (Wildman–Crippen MR) is 42.3 cm³/mol. The number of aliphatic hydroxyl groups is 1. The van der Waals surface area contributed by atoms with Crippen LogP contribution in [0.4, 0.5) is 0 Å². The summed E-state index contributed by atoms with van der Waals surface area (Å²) in [6.07, 6.45) is 5.26. The quantitative estimate of drug-likeness (QED) is 0.596. The maximum absolute atomic E-state index is 9.32. The van der Waals surface area contributed by atoms with E-state index in [4.69, 9.17) is 0 Å². The first-order chi connectivity index (χ1) is 5.36. The molecule has 2 nitrogen and oxygen atoms in total. The van der Waals surface area contributed by atoms with Crippen molar-refractivity contribution in [3.8, 4) is 0 Å². The van der Waals surface area contributed by atoms with Gasteiger partial charge in [-0.2, -0.15) is 0 Å². The van der Waals surface area contributed by atoms with E-state index in [-0.39, 0.29) is 5.54 Å². The van der Waals surface area contributed by atoms with Crippen molar-refractivity contribution in [1.29, 1.82) is 0 Å². The second kappa shape index (κ2) is 1.80. The second-order valence-electron chi connectivity index (χ2n) is 4.45. The molecule has 1 aliphatic carbocycles. The number of piperidine rings is 1. The summed E-state index contributed by atoms with van der Waals surface area (Å²) in [5.74, 6) is 0.961. The Kier molecular flexibility index (Phi) is 1.06. The lowest BCUT2D eigenvalue weighted by atomic mass is 9.93. The highest BCUT2D eigenvalue weighted by molar-refractivity contribution is 5.15. The lowest BCUT2D eigenvalue weighted by Crippen LogP contribution is -2.44. The summed E-state index contributed by atoms with van der Waals surface area (Å²) in [5, 5.41) is 9.32. The van der Waals surface area contributed by atoms with Crippen LogP contribution in [0.2, 0.25) is 0 Å². The van der Waals surface area contributed by atoms with Crippen molar-refractivity contribution in [2.24, 2.45) is 5.92 Å². The molecule has 2 heterocycles. The minimum Gasteiger partial charge on any atom is -0.394 e. The third-order valence-corrected chi connectivity index (χ3v) is 3.87. The number of aliphatic hydroxyl groups excluding tert-OH is 1. The average molecular weight is 153 g/mol. The van der Waals surface area contributed by atoms with Gasteiger partial charge in [0.1, 0.15) is 0 Å². The molecule has 0 bridgehead atoms.